The second-order valence-corrected chi connectivity index (χ2v) is 4.54. The summed E-state index contributed by atoms with van der Waals surface area (Å²) >= 11 is 3.24. The van der Waals surface area contributed by atoms with E-state index in [1.165, 1.54) is 18.3 Å². The van der Waals surface area contributed by atoms with Crippen molar-refractivity contribution in [2.24, 2.45) is 0 Å². The van der Waals surface area contributed by atoms with E-state index in [4.69, 9.17) is 5.26 Å². The molecule has 0 radical (unpaired) electrons. The van der Waals surface area contributed by atoms with Crippen LogP contribution in [0, 0.1) is 11.3 Å². The third kappa shape index (κ3) is 2.89. The van der Waals surface area contributed by atoms with E-state index in [0.29, 0.717) is 11.3 Å². The van der Waals surface area contributed by atoms with Crippen LogP contribution in [0.3, 0.4) is 0 Å². The number of nitrogens with one attached hydrogen (secondary N) is 1. The Morgan fingerprint density at radius 2 is 2.21 bits per heavy atom. The van der Waals surface area contributed by atoms with Crippen LogP contribution in [0.2, 0.25) is 0 Å². The van der Waals surface area contributed by atoms with Crippen molar-refractivity contribution in [1.82, 2.24) is 4.98 Å². The van der Waals surface area contributed by atoms with Gasteiger partial charge in [0, 0.05) is 10.7 Å². The van der Waals surface area contributed by atoms with Gasteiger partial charge >= 0.3 is 0 Å². The summed E-state index contributed by atoms with van der Waals surface area (Å²) < 4.78 is 0.739. The van der Waals surface area contributed by atoms with E-state index in [9.17, 15) is 9.90 Å². The number of carbonyl (C=O) groups is 1. The largest absolute Gasteiger partial charge is 0.505 e. The van der Waals surface area contributed by atoms with Crippen molar-refractivity contribution >= 4 is 27.5 Å². The average Bonchev–Trinajstić information content (AvgIpc) is 2.41. The zero-order valence-corrected chi connectivity index (χ0v) is 11.2. The highest BCUT2D eigenvalue weighted by Crippen LogP contribution is 2.22. The van der Waals surface area contributed by atoms with Crippen molar-refractivity contribution in [2.75, 3.05) is 5.32 Å². The smallest absolute Gasteiger partial charge is 0.278 e. The zero-order chi connectivity index (χ0) is 13.8. The number of aromatic nitrogens is 1. The monoisotopic (exact) mass is 317 g/mol. The molecule has 0 fully saturated rings. The molecule has 0 saturated carbocycles. The predicted octanol–water partition coefficient (Wildman–Crippen LogP) is 2.67. The van der Waals surface area contributed by atoms with E-state index < -0.39 is 5.91 Å². The Balaban J connectivity index is 2.30. The highest BCUT2D eigenvalue weighted by Gasteiger charge is 2.14. The summed E-state index contributed by atoms with van der Waals surface area (Å²) in [5, 5.41) is 21.1. The van der Waals surface area contributed by atoms with Crippen LogP contribution >= 0.6 is 15.9 Å². The van der Waals surface area contributed by atoms with Crippen molar-refractivity contribution in [3.8, 4) is 11.8 Å². The van der Waals surface area contributed by atoms with Gasteiger partial charge < -0.3 is 10.4 Å². The van der Waals surface area contributed by atoms with E-state index in [1.807, 2.05) is 6.07 Å². The van der Waals surface area contributed by atoms with E-state index in [2.05, 4.69) is 26.2 Å². The highest BCUT2D eigenvalue weighted by molar-refractivity contribution is 9.10. The SMILES string of the molecule is N#Cc1cc(Br)ccc1NC(=O)c1ncccc1O. The fraction of sp³-hybridized carbons (Fsp3) is 0. The van der Waals surface area contributed by atoms with Crippen LogP contribution in [-0.2, 0) is 0 Å². The molecule has 1 aromatic heterocycles. The second-order valence-electron chi connectivity index (χ2n) is 3.63. The summed E-state index contributed by atoms with van der Waals surface area (Å²) in [6.45, 7) is 0. The van der Waals surface area contributed by atoms with Crippen molar-refractivity contribution in [3.63, 3.8) is 0 Å². The minimum absolute atomic E-state index is 0.0886. The Morgan fingerprint density at radius 3 is 2.89 bits per heavy atom. The summed E-state index contributed by atoms with van der Waals surface area (Å²) in [5.74, 6) is -0.785. The Morgan fingerprint density at radius 1 is 1.42 bits per heavy atom. The molecule has 1 amide bonds. The standard InChI is InChI=1S/C13H8BrN3O2/c14-9-3-4-10(8(6-9)7-15)17-13(19)12-11(18)2-1-5-16-12/h1-6,18H,(H,17,19). The number of nitriles is 1. The van der Waals surface area contributed by atoms with Gasteiger partial charge in [0.25, 0.3) is 5.91 Å². The quantitative estimate of drug-likeness (QED) is 0.891. The molecule has 0 aliphatic carbocycles. The second kappa shape index (κ2) is 5.50. The number of halogens is 1. The van der Waals surface area contributed by atoms with Crippen LogP contribution in [-0.4, -0.2) is 16.0 Å². The van der Waals surface area contributed by atoms with E-state index in [1.54, 1.807) is 18.2 Å². The summed E-state index contributed by atoms with van der Waals surface area (Å²) in [5.41, 5.74) is 0.591. The normalized spacial score (nSPS) is 9.68. The number of benzene rings is 1. The van der Waals surface area contributed by atoms with Gasteiger partial charge in [0.2, 0.25) is 0 Å². The van der Waals surface area contributed by atoms with Crippen molar-refractivity contribution in [2.45, 2.75) is 0 Å². The van der Waals surface area contributed by atoms with Crippen LogP contribution in [0.5, 0.6) is 5.75 Å². The van der Waals surface area contributed by atoms with Crippen molar-refractivity contribution in [1.29, 1.82) is 5.26 Å². The molecule has 0 unspecified atom stereocenters. The van der Waals surface area contributed by atoms with Crippen molar-refractivity contribution < 1.29 is 9.90 Å². The zero-order valence-electron chi connectivity index (χ0n) is 9.59. The van der Waals surface area contributed by atoms with Crippen LogP contribution in [0.4, 0.5) is 5.69 Å². The summed E-state index contributed by atoms with van der Waals surface area (Å²) in [4.78, 5) is 15.7. The maximum Gasteiger partial charge on any atom is 0.278 e. The fourth-order valence-corrected chi connectivity index (χ4v) is 1.83. The summed E-state index contributed by atoms with van der Waals surface area (Å²) in [7, 11) is 0. The highest BCUT2D eigenvalue weighted by atomic mass is 79.9. The van der Waals surface area contributed by atoms with Gasteiger partial charge in [0.15, 0.2) is 5.69 Å². The Bertz CT molecular complexity index is 680. The minimum atomic E-state index is -0.572. The first-order chi connectivity index (χ1) is 9.11. The average molecular weight is 318 g/mol. The molecule has 1 heterocycles. The third-order valence-corrected chi connectivity index (χ3v) is 2.85. The molecule has 0 atom stereocenters. The van der Waals surface area contributed by atoms with Gasteiger partial charge in [-0.2, -0.15) is 5.26 Å². The predicted molar refractivity (Wildman–Crippen MR) is 72.7 cm³/mol. The van der Waals surface area contributed by atoms with Gasteiger partial charge in [-0.05, 0) is 30.3 Å². The topological polar surface area (TPSA) is 86.0 Å². The minimum Gasteiger partial charge on any atom is -0.505 e. The third-order valence-electron chi connectivity index (χ3n) is 2.35. The maximum absolute atomic E-state index is 11.9. The van der Waals surface area contributed by atoms with Gasteiger partial charge in [0.1, 0.15) is 11.8 Å². The molecular formula is C13H8BrN3O2. The number of anilines is 1. The Labute approximate surface area is 117 Å². The van der Waals surface area contributed by atoms with Crippen LogP contribution in [0.1, 0.15) is 16.1 Å². The molecule has 2 rings (SSSR count). The van der Waals surface area contributed by atoms with Crippen molar-refractivity contribution in [3.05, 3.63) is 52.3 Å². The first-order valence-electron chi connectivity index (χ1n) is 5.27. The number of hydrogen-bond donors (Lipinski definition) is 2. The lowest BCUT2D eigenvalue weighted by molar-refractivity contribution is 0.101. The van der Waals surface area contributed by atoms with Gasteiger partial charge in [-0.3, -0.25) is 4.79 Å². The van der Waals surface area contributed by atoms with Gasteiger partial charge in [-0.25, -0.2) is 4.98 Å². The number of rotatable bonds is 2. The number of nitrogens with zero attached hydrogens (tertiary/aromatic N) is 2. The molecule has 2 aromatic rings. The first-order valence-corrected chi connectivity index (χ1v) is 6.06. The molecular weight excluding hydrogens is 310 g/mol. The molecule has 0 bridgehead atoms. The maximum atomic E-state index is 11.9. The lowest BCUT2D eigenvalue weighted by Crippen LogP contribution is -2.14. The van der Waals surface area contributed by atoms with E-state index in [-0.39, 0.29) is 11.4 Å². The van der Waals surface area contributed by atoms with E-state index >= 15 is 0 Å². The molecule has 5 nitrogen and oxygen atoms in total. The number of hydrogen-bond acceptors (Lipinski definition) is 4. The molecule has 0 spiro atoms. The molecule has 0 aliphatic rings. The van der Waals surface area contributed by atoms with Gasteiger partial charge in [-0.15, -0.1) is 0 Å². The van der Waals surface area contributed by atoms with Crippen LogP contribution < -0.4 is 5.32 Å². The number of pyridine rings is 1. The Kier molecular flexibility index (Phi) is 3.78. The number of carbonyl (C=O) groups excluding carboxylic acids is 1. The Hall–Kier alpha value is -2.39. The lowest BCUT2D eigenvalue weighted by atomic mass is 10.2. The number of amides is 1. The van der Waals surface area contributed by atoms with Gasteiger partial charge in [0.05, 0.1) is 11.3 Å². The molecule has 2 N–H and O–H groups in total. The fourth-order valence-electron chi connectivity index (χ4n) is 1.47. The van der Waals surface area contributed by atoms with Gasteiger partial charge in [-0.1, -0.05) is 15.9 Å². The van der Waals surface area contributed by atoms with E-state index in [0.717, 1.165) is 4.47 Å². The molecule has 6 heteroatoms. The molecule has 19 heavy (non-hydrogen) atoms. The molecule has 0 aliphatic heterocycles. The summed E-state index contributed by atoms with van der Waals surface area (Å²) in [6, 6.07) is 9.76. The lowest BCUT2D eigenvalue weighted by Gasteiger charge is -2.07. The summed E-state index contributed by atoms with van der Waals surface area (Å²) in [6.07, 6.45) is 1.40. The molecule has 94 valence electrons. The molecule has 1 aromatic carbocycles. The first kappa shape index (κ1) is 13.1. The van der Waals surface area contributed by atoms with Crippen LogP contribution in [0.15, 0.2) is 41.0 Å². The number of aromatic hydroxyl groups is 1. The van der Waals surface area contributed by atoms with Crippen LogP contribution in [0.25, 0.3) is 0 Å². The molecule has 0 saturated heterocycles.